The van der Waals surface area contributed by atoms with Crippen molar-refractivity contribution in [1.82, 2.24) is 14.7 Å². The summed E-state index contributed by atoms with van der Waals surface area (Å²) in [5.74, 6) is 0.0462. The summed E-state index contributed by atoms with van der Waals surface area (Å²) in [5.41, 5.74) is 7.12. The number of rotatable bonds is 5. The van der Waals surface area contributed by atoms with Crippen LogP contribution < -0.4 is 5.32 Å². The minimum absolute atomic E-state index is 0.0462. The third-order valence-corrected chi connectivity index (χ3v) is 6.61. The van der Waals surface area contributed by atoms with Gasteiger partial charge in [-0.15, -0.1) is 0 Å². The molecule has 0 saturated carbocycles. The zero-order chi connectivity index (χ0) is 22.2. The van der Waals surface area contributed by atoms with E-state index in [4.69, 9.17) is 9.84 Å². The number of fused-ring (bicyclic) bond motifs is 1. The van der Waals surface area contributed by atoms with Gasteiger partial charge in [0.25, 0.3) is 5.91 Å². The fourth-order valence-corrected chi connectivity index (χ4v) is 4.84. The van der Waals surface area contributed by atoms with E-state index in [0.717, 1.165) is 42.1 Å². The second kappa shape index (κ2) is 8.43. The normalized spacial score (nSPS) is 20.3. The van der Waals surface area contributed by atoms with Gasteiger partial charge in [0.05, 0.1) is 23.9 Å². The number of aromatic nitrogens is 2. The maximum absolute atomic E-state index is 13.5. The Morgan fingerprint density at radius 1 is 1.09 bits per heavy atom. The molecule has 1 saturated heterocycles. The predicted molar refractivity (Wildman–Crippen MR) is 125 cm³/mol. The van der Waals surface area contributed by atoms with E-state index in [1.165, 1.54) is 11.1 Å². The molecule has 0 spiro atoms. The molecule has 166 valence electrons. The van der Waals surface area contributed by atoms with Gasteiger partial charge in [-0.05, 0) is 51.3 Å². The van der Waals surface area contributed by atoms with Crippen molar-refractivity contribution in [2.45, 2.75) is 52.4 Å². The Bertz CT molecular complexity index is 1130. The number of para-hydroxylation sites is 1. The van der Waals surface area contributed by atoms with Crippen LogP contribution in [-0.4, -0.2) is 39.8 Å². The summed E-state index contributed by atoms with van der Waals surface area (Å²) in [5, 5.41) is 8.49. The number of ether oxygens (including phenoxy) is 1. The standard InChI is InChI=1S/C26H30N4O2/c1-17-10-12-20(13-11-17)15-30-19(3)24(18(2)28-30)25-27-23-9-5-4-8-22(23)26(31)29(25)16-21-7-6-14-32-21/h4-5,8-13,21,25,27H,6-7,14-16H2,1-3H3/t21-,25-/m0/s1. The average molecular weight is 431 g/mol. The van der Waals surface area contributed by atoms with Crippen LogP contribution in [-0.2, 0) is 11.3 Å². The van der Waals surface area contributed by atoms with Gasteiger partial charge < -0.3 is 15.0 Å². The zero-order valence-electron chi connectivity index (χ0n) is 19.0. The van der Waals surface area contributed by atoms with Crippen LogP contribution in [0.5, 0.6) is 0 Å². The second-order valence-corrected chi connectivity index (χ2v) is 8.91. The van der Waals surface area contributed by atoms with Crippen molar-refractivity contribution in [3.05, 3.63) is 82.2 Å². The molecule has 3 aromatic rings. The molecule has 1 fully saturated rings. The molecule has 2 atom stereocenters. The van der Waals surface area contributed by atoms with E-state index in [2.05, 4.69) is 43.4 Å². The highest BCUT2D eigenvalue weighted by atomic mass is 16.5. The third-order valence-electron chi connectivity index (χ3n) is 6.61. The van der Waals surface area contributed by atoms with E-state index in [9.17, 15) is 4.79 Å². The van der Waals surface area contributed by atoms with Gasteiger partial charge in [-0.1, -0.05) is 42.0 Å². The molecular formula is C26H30N4O2. The molecule has 0 aliphatic carbocycles. The molecule has 0 bridgehead atoms. The first kappa shape index (κ1) is 20.8. The third kappa shape index (κ3) is 3.79. The zero-order valence-corrected chi connectivity index (χ0v) is 19.0. The fraction of sp³-hybridized carbons (Fsp3) is 0.385. The van der Waals surface area contributed by atoms with Gasteiger partial charge >= 0.3 is 0 Å². The van der Waals surface area contributed by atoms with Crippen molar-refractivity contribution in [2.75, 3.05) is 18.5 Å². The topological polar surface area (TPSA) is 59.4 Å². The molecule has 2 aliphatic heterocycles. The van der Waals surface area contributed by atoms with Crippen LogP contribution >= 0.6 is 0 Å². The number of hydrogen-bond donors (Lipinski definition) is 1. The maximum Gasteiger partial charge on any atom is 0.257 e. The summed E-state index contributed by atoms with van der Waals surface area (Å²) < 4.78 is 7.94. The van der Waals surface area contributed by atoms with Crippen LogP contribution in [0.1, 0.15) is 57.4 Å². The molecule has 5 rings (SSSR count). The second-order valence-electron chi connectivity index (χ2n) is 8.91. The van der Waals surface area contributed by atoms with Crippen molar-refractivity contribution in [1.29, 1.82) is 0 Å². The molecule has 2 aliphatic rings. The van der Waals surface area contributed by atoms with Crippen LogP contribution in [0.15, 0.2) is 48.5 Å². The number of aryl methyl sites for hydroxylation is 2. The summed E-state index contributed by atoms with van der Waals surface area (Å²) in [6.45, 7) is 8.28. The molecule has 32 heavy (non-hydrogen) atoms. The molecule has 3 heterocycles. The number of nitrogens with one attached hydrogen (secondary N) is 1. The predicted octanol–water partition coefficient (Wildman–Crippen LogP) is 4.60. The number of nitrogens with zero attached hydrogens (tertiary/aromatic N) is 3. The van der Waals surface area contributed by atoms with Crippen molar-refractivity contribution in [2.24, 2.45) is 0 Å². The van der Waals surface area contributed by atoms with Crippen LogP contribution in [0.2, 0.25) is 0 Å². The van der Waals surface area contributed by atoms with E-state index < -0.39 is 0 Å². The van der Waals surface area contributed by atoms with Gasteiger partial charge in [-0.3, -0.25) is 9.48 Å². The molecule has 0 unspecified atom stereocenters. The Balaban J connectivity index is 1.51. The van der Waals surface area contributed by atoms with E-state index in [0.29, 0.717) is 18.7 Å². The number of hydrogen-bond acceptors (Lipinski definition) is 4. The Kier molecular flexibility index (Phi) is 5.47. The van der Waals surface area contributed by atoms with Gasteiger partial charge in [-0.2, -0.15) is 5.10 Å². The lowest BCUT2D eigenvalue weighted by Gasteiger charge is -2.39. The van der Waals surface area contributed by atoms with Gasteiger partial charge in [0, 0.05) is 30.1 Å². The molecule has 0 radical (unpaired) electrons. The van der Waals surface area contributed by atoms with Gasteiger partial charge in [0.2, 0.25) is 0 Å². The maximum atomic E-state index is 13.5. The molecule has 2 aromatic carbocycles. The Labute approximate surface area is 189 Å². The van der Waals surface area contributed by atoms with Gasteiger partial charge in [0.15, 0.2) is 0 Å². The fourth-order valence-electron chi connectivity index (χ4n) is 4.84. The molecule has 6 heteroatoms. The van der Waals surface area contributed by atoms with Crippen molar-refractivity contribution < 1.29 is 9.53 Å². The summed E-state index contributed by atoms with van der Waals surface area (Å²) in [7, 11) is 0. The van der Waals surface area contributed by atoms with E-state index in [1.54, 1.807) is 0 Å². The summed E-state index contributed by atoms with van der Waals surface area (Å²) in [4.78, 5) is 15.5. The lowest BCUT2D eigenvalue weighted by molar-refractivity contribution is 0.0425. The van der Waals surface area contributed by atoms with E-state index in [1.807, 2.05) is 40.8 Å². The Morgan fingerprint density at radius 2 is 1.88 bits per heavy atom. The smallest absolute Gasteiger partial charge is 0.257 e. The number of carbonyl (C=O) groups excluding carboxylic acids is 1. The van der Waals surface area contributed by atoms with Crippen LogP contribution in [0.4, 0.5) is 5.69 Å². The van der Waals surface area contributed by atoms with E-state index >= 15 is 0 Å². The van der Waals surface area contributed by atoms with Crippen molar-refractivity contribution in [3.63, 3.8) is 0 Å². The molecule has 1 N–H and O–H groups in total. The summed E-state index contributed by atoms with van der Waals surface area (Å²) in [6, 6.07) is 16.3. The van der Waals surface area contributed by atoms with Crippen LogP contribution in [0, 0.1) is 20.8 Å². The van der Waals surface area contributed by atoms with Crippen molar-refractivity contribution >= 4 is 11.6 Å². The SMILES string of the molecule is Cc1ccc(Cn2nc(C)c([C@H]3Nc4ccccc4C(=O)N3C[C@@H]3CCCO3)c2C)cc1. The highest BCUT2D eigenvalue weighted by molar-refractivity contribution is 6.01. The number of amides is 1. The van der Waals surface area contributed by atoms with Crippen LogP contribution in [0.3, 0.4) is 0 Å². The summed E-state index contributed by atoms with van der Waals surface area (Å²) in [6.07, 6.45) is 1.85. The van der Waals surface area contributed by atoms with Gasteiger partial charge in [0.1, 0.15) is 6.17 Å². The molecule has 6 nitrogen and oxygen atoms in total. The van der Waals surface area contributed by atoms with Crippen LogP contribution in [0.25, 0.3) is 0 Å². The lowest BCUT2D eigenvalue weighted by atomic mass is 10.0. The highest BCUT2D eigenvalue weighted by Crippen LogP contribution is 2.36. The largest absolute Gasteiger partial charge is 0.376 e. The Morgan fingerprint density at radius 3 is 2.62 bits per heavy atom. The quantitative estimate of drug-likeness (QED) is 0.643. The first-order chi connectivity index (χ1) is 15.5. The highest BCUT2D eigenvalue weighted by Gasteiger charge is 2.37. The minimum Gasteiger partial charge on any atom is -0.376 e. The first-order valence-corrected chi connectivity index (χ1v) is 11.4. The van der Waals surface area contributed by atoms with Gasteiger partial charge in [-0.25, -0.2) is 0 Å². The van der Waals surface area contributed by atoms with E-state index in [-0.39, 0.29) is 18.2 Å². The molecule has 1 aromatic heterocycles. The molecule has 1 amide bonds. The minimum atomic E-state index is -0.270. The number of benzene rings is 2. The van der Waals surface area contributed by atoms with Crippen molar-refractivity contribution in [3.8, 4) is 0 Å². The monoisotopic (exact) mass is 430 g/mol. The number of carbonyl (C=O) groups is 1. The lowest BCUT2D eigenvalue weighted by Crippen LogP contribution is -2.46. The average Bonchev–Trinajstić information content (AvgIpc) is 3.40. The Hall–Kier alpha value is -3.12. The molecular weight excluding hydrogens is 400 g/mol. The summed E-state index contributed by atoms with van der Waals surface area (Å²) >= 11 is 0. The number of anilines is 1. The first-order valence-electron chi connectivity index (χ1n) is 11.4.